The van der Waals surface area contributed by atoms with Crippen molar-refractivity contribution in [2.45, 2.75) is 57.5 Å². The van der Waals surface area contributed by atoms with E-state index in [4.69, 9.17) is 23.2 Å². The Morgan fingerprint density at radius 3 is 2.77 bits per heavy atom. The van der Waals surface area contributed by atoms with E-state index in [0.29, 0.717) is 21.8 Å². The first-order chi connectivity index (χ1) is 14.9. The highest BCUT2D eigenvalue weighted by atomic mass is 35.5. The van der Waals surface area contributed by atoms with Crippen LogP contribution < -0.4 is 21.3 Å². The molecule has 5 unspecified atom stereocenters. The molecule has 168 valence electrons. The Kier molecular flexibility index (Phi) is 6.71. The molecular formula is C21H27Cl2N5O3. The van der Waals surface area contributed by atoms with Gasteiger partial charge in [-0.15, -0.1) is 0 Å². The van der Waals surface area contributed by atoms with Crippen LogP contribution in [0.3, 0.4) is 0 Å². The number of nitrogens with one attached hydrogen (secondary N) is 4. The van der Waals surface area contributed by atoms with Gasteiger partial charge in [-0.1, -0.05) is 36.5 Å². The molecule has 4 N–H and O–H groups in total. The molecule has 3 heterocycles. The van der Waals surface area contributed by atoms with Gasteiger partial charge in [0.2, 0.25) is 17.7 Å². The SMILES string of the molecule is CCC1CCCCN1C1NC(=O)C2C(NC(=O)CC2C(=O)Nc2ccc(Cl)cc2Cl)N1. The number of rotatable bonds is 4. The van der Waals surface area contributed by atoms with Gasteiger partial charge in [0, 0.05) is 24.0 Å². The summed E-state index contributed by atoms with van der Waals surface area (Å²) in [6.45, 7) is 3.02. The Morgan fingerprint density at radius 2 is 2.03 bits per heavy atom. The molecule has 10 heteroatoms. The van der Waals surface area contributed by atoms with Crippen LogP contribution in [-0.2, 0) is 14.4 Å². The van der Waals surface area contributed by atoms with Crippen molar-refractivity contribution in [2.24, 2.45) is 11.8 Å². The third kappa shape index (κ3) is 4.67. The van der Waals surface area contributed by atoms with Gasteiger partial charge in [-0.2, -0.15) is 0 Å². The number of anilines is 1. The van der Waals surface area contributed by atoms with E-state index in [0.717, 1.165) is 25.8 Å². The van der Waals surface area contributed by atoms with Gasteiger partial charge < -0.3 is 16.0 Å². The molecule has 1 aromatic rings. The Bertz CT molecular complexity index is 883. The smallest absolute Gasteiger partial charge is 0.229 e. The first-order valence-corrected chi connectivity index (χ1v) is 11.5. The highest BCUT2D eigenvalue weighted by Gasteiger charge is 2.49. The summed E-state index contributed by atoms with van der Waals surface area (Å²) in [5.74, 6) is -2.46. The van der Waals surface area contributed by atoms with Crippen molar-refractivity contribution in [1.29, 1.82) is 0 Å². The highest BCUT2D eigenvalue weighted by molar-refractivity contribution is 6.36. The number of benzene rings is 1. The molecule has 0 aliphatic carbocycles. The zero-order valence-electron chi connectivity index (χ0n) is 17.3. The first kappa shape index (κ1) is 22.3. The lowest BCUT2D eigenvalue weighted by atomic mass is 9.81. The summed E-state index contributed by atoms with van der Waals surface area (Å²) in [5, 5.41) is 12.7. The molecule has 0 saturated carbocycles. The predicted molar refractivity (Wildman–Crippen MR) is 118 cm³/mol. The third-order valence-electron chi connectivity index (χ3n) is 6.43. The number of fused-ring (bicyclic) bond motifs is 1. The summed E-state index contributed by atoms with van der Waals surface area (Å²) in [5.41, 5.74) is 0.389. The van der Waals surface area contributed by atoms with Crippen molar-refractivity contribution in [1.82, 2.24) is 20.9 Å². The maximum Gasteiger partial charge on any atom is 0.229 e. The van der Waals surface area contributed by atoms with E-state index in [1.54, 1.807) is 12.1 Å². The number of piperidine rings is 2. The van der Waals surface area contributed by atoms with Crippen LogP contribution in [-0.4, -0.2) is 47.7 Å². The van der Waals surface area contributed by atoms with Crippen LogP contribution in [0.15, 0.2) is 18.2 Å². The Hall–Kier alpha value is -1.87. The normalized spacial score (nSPS) is 31.4. The Morgan fingerprint density at radius 1 is 1.23 bits per heavy atom. The van der Waals surface area contributed by atoms with Crippen molar-refractivity contribution in [2.75, 3.05) is 11.9 Å². The molecule has 0 aromatic heterocycles. The quantitative estimate of drug-likeness (QED) is 0.543. The van der Waals surface area contributed by atoms with Crippen molar-refractivity contribution in [3.63, 3.8) is 0 Å². The Balaban J connectivity index is 1.51. The van der Waals surface area contributed by atoms with Crippen LogP contribution in [0.25, 0.3) is 0 Å². The molecule has 3 aliphatic rings. The number of halogens is 2. The van der Waals surface area contributed by atoms with Crippen molar-refractivity contribution in [3.8, 4) is 0 Å². The van der Waals surface area contributed by atoms with Gasteiger partial charge in [-0.3, -0.25) is 24.6 Å². The maximum atomic E-state index is 13.1. The number of hydrogen-bond acceptors (Lipinski definition) is 5. The maximum absolute atomic E-state index is 13.1. The third-order valence-corrected chi connectivity index (χ3v) is 6.98. The van der Waals surface area contributed by atoms with Crippen LogP contribution >= 0.6 is 23.2 Å². The van der Waals surface area contributed by atoms with Crippen LogP contribution in [0, 0.1) is 11.8 Å². The largest absolute Gasteiger partial charge is 0.340 e. The van der Waals surface area contributed by atoms with Crippen molar-refractivity contribution < 1.29 is 14.4 Å². The van der Waals surface area contributed by atoms with Gasteiger partial charge in [0.15, 0.2) is 0 Å². The van der Waals surface area contributed by atoms with Crippen LogP contribution in [0.1, 0.15) is 39.0 Å². The van der Waals surface area contributed by atoms with Gasteiger partial charge in [0.05, 0.1) is 28.7 Å². The number of nitrogens with zero attached hydrogens (tertiary/aromatic N) is 1. The predicted octanol–water partition coefficient (Wildman–Crippen LogP) is 2.28. The number of carbonyl (C=O) groups is 3. The number of amides is 3. The number of carbonyl (C=O) groups excluding carboxylic acids is 3. The minimum Gasteiger partial charge on any atom is -0.340 e. The second-order valence-corrected chi connectivity index (χ2v) is 9.21. The molecule has 3 saturated heterocycles. The molecule has 3 amide bonds. The second-order valence-electron chi connectivity index (χ2n) is 8.37. The lowest BCUT2D eigenvalue weighted by Crippen LogP contribution is -2.75. The van der Waals surface area contributed by atoms with Gasteiger partial charge >= 0.3 is 0 Å². The molecule has 4 rings (SSSR count). The summed E-state index contributed by atoms with van der Waals surface area (Å²) in [6.07, 6.45) is 3.26. The van der Waals surface area contributed by atoms with Crippen LogP contribution in [0.2, 0.25) is 10.0 Å². The molecule has 3 fully saturated rings. The minimum atomic E-state index is -0.817. The van der Waals surface area contributed by atoms with Crippen LogP contribution in [0.4, 0.5) is 5.69 Å². The Labute approximate surface area is 191 Å². The lowest BCUT2D eigenvalue weighted by Gasteiger charge is -2.49. The zero-order chi connectivity index (χ0) is 22.1. The van der Waals surface area contributed by atoms with Crippen molar-refractivity contribution in [3.05, 3.63) is 28.2 Å². The molecule has 31 heavy (non-hydrogen) atoms. The van der Waals surface area contributed by atoms with E-state index in [-0.39, 0.29) is 24.5 Å². The molecule has 0 radical (unpaired) electrons. The van der Waals surface area contributed by atoms with E-state index < -0.39 is 23.9 Å². The summed E-state index contributed by atoms with van der Waals surface area (Å²) >= 11 is 12.1. The number of hydrogen-bond donors (Lipinski definition) is 4. The summed E-state index contributed by atoms with van der Waals surface area (Å²) in [4.78, 5) is 40.8. The van der Waals surface area contributed by atoms with Crippen LogP contribution in [0.5, 0.6) is 0 Å². The van der Waals surface area contributed by atoms with E-state index >= 15 is 0 Å². The molecule has 3 aliphatic heterocycles. The molecular weight excluding hydrogens is 441 g/mol. The number of likely N-dealkylation sites (tertiary alicyclic amines) is 1. The molecule has 0 bridgehead atoms. The van der Waals surface area contributed by atoms with Crippen molar-refractivity contribution >= 4 is 46.6 Å². The summed E-state index contributed by atoms with van der Waals surface area (Å²) < 4.78 is 0. The average molecular weight is 468 g/mol. The fraction of sp³-hybridized carbons (Fsp3) is 0.571. The highest BCUT2D eigenvalue weighted by Crippen LogP contribution is 2.31. The lowest BCUT2D eigenvalue weighted by molar-refractivity contribution is -0.148. The minimum absolute atomic E-state index is 0.0702. The monoisotopic (exact) mass is 467 g/mol. The standard InChI is InChI=1S/C21H27Cl2N5O3/c1-2-12-5-3-4-8-28(12)21-26-18-17(20(31)27-21)13(10-16(29)25-18)19(30)24-15-7-6-11(22)9-14(15)23/h6-7,9,12-13,17-18,21,26H,2-5,8,10H2,1H3,(H,24,30)(H,25,29)(H,27,31). The fourth-order valence-corrected chi connectivity index (χ4v) is 5.31. The molecule has 5 atom stereocenters. The topological polar surface area (TPSA) is 103 Å². The van der Waals surface area contributed by atoms with E-state index in [1.165, 1.54) is 12.5 Å². The van der Waals surface area contributed by atoms with E-state index in [9.17, 15) is 14.4 Å². The molecule has 1 aromatic carbocycles. The van der Waals surface area contributed by atoms with Gasteiger partial charge in [-0.05, 0) is 37.5 Å². The zero-order valence-corrected chi connectivity index (χ0v) is 18.8. The fourth-order valence-electron chi connectivity index (χ4n) is 4.86. The van der Waals surface area contributed by atoms with Gasteiger partial charge in [0.1, 0.15) is 6.29 Å². The summed E-state index contributed by atoms with van der Waals surface area (Å²) in [7, 11) is 0. The molecule has 0 spiro atoms. The average Bonchev–Trinajstić information content (AvgIpc) is 2.74. The second kappa shape index (κ2) is 9.32. The van der Waals surface area contributed by atoms with E-state index in [2.05, 4.69) is 33.1 Å². The molecule has 8 nitrogen and oxygen atoms in total. The van der Waals surface area contributed by atoms with E-state index in [1.807, 2.05) is 0 Å². The first-order valence-electron chi connectivity index (χ1n) is 10.7. The summed E-state index contributed by atoms with van der Waals surface area (Å²) in [6, 6.07) is 5.10. The van der Waals surface area contributed by atoms with Gasteiger partial charge in [0.25, 0.3) is 0 Å². The van der Waals surface area contributed by atoms with Gasteiger partial charge in [-0.25, -0.2) is 0 Å².